The molecule has 0 aromatic carbocycles. The molecular weight excluding hydrogens is 204 g/mol. The average molecular weight is 222 g/mol. The maximum atomic E-state index is 10.8. The van der Waals surface area contributed by atoms with Crippen molar-refractivity contribution in [1.82, 2.24) is 5.32 Å². The Morgan fingerprint density at radius 2 is 2.00 bits per heavy atom. The van der Waals surface area contributed by atoms with Crippen molar-refractivity contribution in [2.75, 3.05) is 0 Å². The molecule has 88 valence electrons. The summed E-state index contributed by atoms with van der Waals surface area (Å²) in [6.45, 7) is 7.64. The first-order valence-electron chi connectivity index (χ1n) is 5.50. The van der Waals surface area contributed by atoms with Gasteiger partial charge in [0.25, 0.3) is 0 Å². The molecular formula is C12H18N2O2. The Labute approximate surface area is 95.8 Å². The van der Waals surface area contributed by atoms with Crippen LogP contribution in [0.4, 0.5) is 0 Å². The van der Waals surface area contributed by atoms with Gasteiger partial charge < -0.3 is 10.4 Å². The predicted molar refractivity (Wildman–Crippen MR) is 64.6 cm³/mol. The van der Waals surface area contributed by atoms with Gasteiger partial charge in [-0.05, 0) is 25.0 Å². The lowest BCUT2D eigenvalue weighted by Gasteiger charge is -2.27. The van der Waals surface area contributed by atoms with Crippen LogP contribution < -0.4 is 5.32 Å². The molecule has 0 saturated heterocycles. The number of carbonyl (C=O) groups excluding carboxylic acids is 1. The zero-order chi connectivity index (χ0) is 12.3. The fraction of sp³-hybridized carbons (Fsp3) is 0.500. The SMILES string of the molecule is CC.CC1=C(O)C(C=O)=C(C)C2NC=NC12. The molecule has 4 heteroatoms. The van der Waals surface area contributed by atoms with Crippen molar-refractivity contribution in [3.8, 4) is 0 Å². The summed E-state index contributed by atoms with van der Waals surface area (Å²) in [4.78, 5) is 15.0. The van der Waals surface area contributed by atoms with E-state index in [4.69, 9.17) is 0 Å². The summed E-state index contributed by atoms with van der Waals surface area (Å²) in [6.07, 6.45) is 2.33. The zero-order valence-electron chi connectivity index (χ0n) is 10.1. The Balaban J connectivity index is 0.000000606. The van der Waals surface area contributed by atoms with Crippen LogP contribution >= 0.6 is 0 Å². The second kappa shape index (κ2) is 4.96. The number of aliphatic imine (C=N–C) groups is 1. The molecule has 16 heavy (non-hydrogen) atoms. The molecule has 2 unspecified atom stereocenters. The maximum absolute atomic E-state index is 10.8. The quantitative estimate of drug-likeness (QED) is 0.664. The molecule has 2 N–H and O–H groups in total. The Hall–Kier alpha value is -1.58. The molecule has 0 spiro atoms. The van der Waals surface area contributed by atoms with Crippen LogP contribution in [0.5, 0.6) is 0 Å². The average Bonchev–Trinajstić information content (AvgIpc) is 2.79. The highest BCUT2D eigenvalue weighted by atomic mass is 16.3. The first-order chi connectivity index (χ1) is 7.66. The van der Waals surface area contributed by atoms with Crippen LogP contribution in [0.3, 0.4) is 0 Å². The van der Waals surface area contributed by atoms with E-state index in [1.54, 1.807) is 13.3 Å². The number of nitrogens with zero attached hydrogens (tertiary/aromatic N) is 1. The molecule has 0 radical (unpaired) electrons. The van der Waals surface area contributed by atoms with Gasteiger partial charge >= 0.3 is 0 Å². The van der Waals surface area contributed by atoms with Gasteiger partial charge in [-0.3, -0.25) is 9.79 Å². The number of rotatable bonds is 1. The number of aliphatic hydroxyl groups is 1. The zero-order valence-corrected chi connectivity index (χ0v) is 10.1. The van der Waals surface area contributed by atoms with Crippen LogP contribution in [0.15, 0.2) is 27.5 Å². The van der Waals surface area contributed by atoms with Crippen LogP contribution in [0.25, 0.3) is 0 Å². The second-order valence-corrected chi connectivity index (χ2v) is 3.61. The smallest absolute Gasteiger partial charge is 0.153 e. The molecule has 0 saturated carbocycles. The molecule has 0 fully saturated rings. The molecule has 2 aliphatic rings. The summed E-state index contributed by atoms with van der Waals surface area (Å²) < 4.78 is 0. The first-order valence-corrected chi connectivity index (χ1v) is 5.50. The highest BCUT2D eigenvalue weighted by Gasteiger charge is 2.35. The van der Waals surface area contributed by atoms with Crippen LogP contribution in [0.2, 0.25) is 0 Å². The van der Waals surface area contributed by atoms with E-state index in [0.717, 1.165) is 11.1 Å². The van der Waals surface area contributed by atoms with Gasteiger partial charge in [0, 0.05) is 0 Å². The molecule has 1 aliphatic carbocycles. The van der Waals surface area contributed by atoms with Crippen molar-refractivity contribution in [2.45, 2.75) is 39.8 Å². The van der Waals surface area contributed by atoms with E-state index < -0.39 is 0 Å². The van der Waals surface area contributed by atoms with Crippen LogP contribution in [-0.4, -0.2) is 29.8 Å². The number of aliphatic hydroxyl groups excluding tert-OH is 1. The van der Waals surface area contributed by atoms with Gasteiger partial charge in [-0.2, -0.15) is 0 Å². The van der Waals surface area contributed by atoms with Gasteiger partial charge in [-0.15, -0.1) is 0 Å². The minimum atomic E-state index is -0.0568. The number of carbonyl (C=O) groups is 1. The second-order valence-electron chi connectivity index (χ2n) is 3.61. The third kappa shape index (κ3) is 1.75. The molecule has 1 heterocycles. The Morgan fingerprint density at radius 1 is 1.38 bits per heavy atom. The lowest BCUT2D eigenvalue weighted by atomic mass is 9.85. The van der Waals surface area contributed by atoms with Crippen molar-refractivity contribution >= 4 is 12.6 Å². The van der Waals surface area contributed by atoms with Crippen molar-refractivity contribution in [1.29, 1.82) is 0 Å². The summed E-state index contributed by atoms with van der Waals surface area (Å²) in [5.41, 5.74) is 2.00. The van der Waals surface area contributed by atoms with Crippen molar-refractivity contribution < 1.29 is 9.90 Å². The fourth-order valence-electron chi connectivity index (χ4n) is 1.96. The molecule has 0 bridgehead atoms. The van der Waals surface area contributed by atoms with E-state index >= 15 is 0 Å². The van der Waals surface area contributed by atoms with E-state index in [1.807, 2.05) is 20.8 Å². The monoisotopic (exact) mass is 222 g/mol. The van der Waals surface area contributed by atoms with Gasteiger partial charge in [-0.1, -0.05) is 13.8 Å². The Bertz CT molecular complexity index is 380. The minimum absolute atomic E-state index is 0.0334. The third-order valence-corrected chi connectivity index (χ3v) is 2.89. The third-order valence-electron chi connectivity index (χ3n) is 2.89. The van der Waals surface area contributed by atoms with E-state index in [9.17, 15) is 9.90 Å². The minimum Gasteiger partial charge on any atom is -0.507 e. The topological polar surface area (TPSA) is 61.7 Å². The van der Waals surface area contributed by atoms with Crippen LogP contribution in [-0.2, 0) is 4.79 Å². The van der Waals surface area contributed by atoms with Crippen molar-refractivity contribution in [3.63, 3.8) is 0 Å². The normalized spacial score (nSPS) is 27.0. The molecule has 0 aromatic rings. The van der Waals surface area contributed by atoms with Gasteiger partial charge in [0.15, 0.2) is 6.29 Å². The van der Waals surface area contributed by atoms with Gasteiger partial charge in [0.2, 0.25) is 0 Å². The summed E-state index contributed by atoms with van der Waals surface area (Å²) in [7, 11) is 0. The largest absolute Gasteiger partial charge is 0.507 e. The summed E-state index contributed by atoms with van der Waals surface area (Å²) in [6, 6.07) is -0.0233. The number of allylic oxidation sites excluding steroid dienone is 1. The number of nitrogens with one attached hydrogen (secondary N) is 1. The Kier molecular flexibility index (Phi) is 3.88. The molecule has 0 amide bonds. The van der Waals surface area contributed by atoms with Crippen molar-refractivity contribution in [2.24, 2.45) is 4.99 Å². The highest BCUT2D eigenvalue weighted by Crippen LogP contribution is 2.31. The lowest BCUT2D eigenvalue weighted by Crippen LogP contribution is -2.37. The lowest BCUT2D eigenvalue weighted by molar-refractivity contribution is -0.105. The molecule has 4 nitrogen and oxygen atoms in total. The molecule has 2 rings (SSSR count). The van der Waals surface area contributed by atoms with Gasteiger partial charge in [0.1, 0.15) is 11.8 Å². The molecule has 0 aromatic heterocycles. The highest BCUT2D eigenvalue weighted by molar-refractivity contribution is 5.83. The summed E-state index contributed by atoms with van der Waals surface area (Å²) >= 11 is 0. The standard InChI is InChI=1S/C10H12N2O2.C2H6/c1-5-7(3-13)10(14)6(2)9-8(5)11-4-12-9;1-2/h3-4,8-9,14H,1-2H3,(H,11,12);1-2H3. The van der Waals surface area contributed by atoms with Gasteiger partial charge in [0.05, 0.1) is 18.0 Å². The van der Waals surface area contributed by atoms with E-state index in [0.29, 0.717) is 11.9 Å². The van der Waals surface area contributed by atoms with E-state index in [1.165, 1.54) is 0 Å². The van der Waals surface area contributed by atoms with Crippen LogP contribution in [0, 0.1) is 0 Å². The number of aldehydes is 1. The summed E-state index contributed by atoms with van der Waals surface area (Å²) in [5, 5.41) is 12.8. The number of hydrogen-bond acceptors (Lipinski definition) is 4. The summed E-state index contributed by atoms with van der Waals surface area (Å²) in [5.74, 6) is 0.0830. The Morgan fingerprint density at radius 3 is 2.56 bits per heavy atom. The maximum Gasteiger partial charge on any atom is 0.153 e. The predicted octanol–water partition coefficient (Wildman–Crippen LogP) is 1.74. The first kappa shape index (κ1) is 12.5. The van der Waals surface area contributed by atoms with Gasteiger partial charge in [-0.25, -0.2) is 0 Å². The van der Waals surface area contributed by atoms with Crippen LogP contribution in [0.1, 0.15) is 27.7 Å². The number of fused-ring (bicyclic) bond motifs is 1. The molecule has 1 aliphatic heterocycles. The molecule has 2 atom stereocenters. The van der Waals surface area contributed by atoms with E-state index in [2.05, 4.69) is 10.3 Å². The van der Waals surface area contributed by atoms with Crippen molar-refractivity contribution in [3.05, 3.63) is 22.5 Å². The van der Waals surface area contributed by atoms with E-state index in [-0.39, 0.29) is 17.8 Å². The fourth-order valence-corrected chi connectivity index (χ4v) is 1.96. The number of hydrogen-bond donors (Lipinski definition) is 2.